The molecule has 4 bridgehead atoms. The molecule has 4 aliphatic rings. The Bertz CT molecular complexity index is 553. The van der Waals surface area contributed by atoms with Crippen molar-refractivity contribution in [1.82, 2.24) is 0 Å². The maximum Gasteiger partial charge on any atom is 0.302 e. The molecule has 6 atom stereocenters. The van der Waals surface area contributed by atoms with Gasteiger partial charge in [-0.15, -0.1) is 0 Å². The Morgan fingerprint density at radius 1 is 1.20 bits per heavy atom. The minimum Gasteiger partial charge on any atom is -0.463 e. The lowest BCUT2D eigenvalue weighted by Crippen LogP contribution is -2.50. The summed E-state index contributed by atoms with van der Waals surface area (Å²) in [5, 5.41) is 9.41. The molecule has 4 rings (SSSR count). The van der Waals surface area contributed by atoms with E-state index in [0.29, 0.717) is 30.3 Å². The first-order valence-corrected chi connectivity index (χ1v) is 7.59. The highest BCUT2D eigenvalue weighted by Crippen LogP contribution is 2.74. The van der Waals surface area contributed by atoms with Crippen LogP contribution < -0.4 is 0 Å². The van der Waals surface area contributed by atoms with Gasteiger partial charge in [-0.1, -0.05) is 26.0 Å². The molecule has 20 heavy (non-hydrogen) atoms. The van der Waals surface area contributed by atoms with Crippen LogP contribution in [0.3, 0.4) is 0 Å². The van der Waals surface area contributed by atoms with Crippen molar-refractivity contribution in [3.63, 3.8) is 0 Å². The number of carbonyl (C=O) groups excluding carboxylic acids is 1. The summed E-state index contributed by atoms with van der Waals surface area (Å²) in [5.41, 5.74) is -0.516. The van der Waals surface area contributed by atoms with Gasteiger partial charge in [-0.05, 0) is 31.1 Å². The zero-order chi connectivity index (χ0) is 14.3. The molecule has 108 valence electrons. The number of nitrogens with zero attached hydrogens (tertiary/aromatic N) is 2. The number of hydrogen-bond acceptors (Lipinski definition) is 4. The van der Waals surface area contributed by atoms with Gasteiger partial charge in [0.1, 0.15) is 12.1 Å². The van der Waals surface area contributed by atoms with E-state index in [1.807, 2.05) is 0 Å². The van der Waals surface area contributed by atoms with Gasteiger partial charge >= 0.3 is 5.97 Å². The van der Waals surface area contributed by atoms with Crippen LogP contribution in [0.25, 0.3) is 0 Å². The van der Waals surface area contributed by atoms with Crippen molar-refractivity contribution in [1.29, 1.82) is 0 Å². The van der Waals surface area contributed by atoms with Gasteiger partial charge in [0.2, 0.25) is 0 Å². The molecule has 0 N–H and O–H groups in total. The predicted molar refractivity (Wildman–Crippen MR) is 74.1 cm³/mol. The normalized spacial score (nSPS) is 52.6. The summed E-state index contributed by atoms with van der Waals surface area (Å²) in [6, 6.07) is 0. The summed E-state index contributed by atoms with van der Waals surface area (Å²) in [7, 11) is 0. The number of rotatable bonds is 2. The first-order valence-electron chi connectivity index (χ1n) is 7.59. The zero-order valence-corrected chi connectivity index (χ0v) is 12.6. The molecule has 0 aromatic carbocycles. The lowest BCUT2D eigenvalue weighted by Gasteiger charge is -2.40. The van der Waals surface area contributed by atoms with Gasteiger partial charge < -0.3 is 4.74 Å². The smallest absolute Gasteiger partial charge is 0.302 e. The quantitative estimate of drug-likeness (QED) is 0.441. The Kier molecular flexibility index (Phi) is 2.10. The second-order valence-corrected chi connectivity index (χ2v) is 7.68. The van der Waals surface area contributed by atoms with E-state index in [-0.39, 0.29) is 22.5 Å². The van der Waals surface area contributed by atoms with Crippen LogP contribution in [0.2, 0.25) is 0 Å². The molecule has 2 fully saturated rings. The van der Waals surface area contributed by atoms with E-state index in [0.717, 1.165) is 0 Å². The molecule has 3 aliphatic carbocycles. The fraction of sp³-hybridized carbons (Fsp3) is 0.812. The van der Waals surface area contributed by atoms with E-state index < -0.39 is 0 Å². The summed E-state index contributed by atoms with van der Waals surface area (Å²) in [5.74, 6) is 2.03. The molecule has 0 amide bonds. The maximum absolute atomic E-state index is 11.3. The van der Waals surface area contributed by atoms with Crippen molar-refractivity contribution >= 4 is 5.97 Å². The second-order valence-electron chi connectivity index (χ2n) is 7.68. The number of hydrogen-bond donors (Lipinski definition) is 0. The van der Waals surface area contributed by atoms with Crippen LogP contribution in [0.1, 0.15) is 34.1 Å². The Morgan fingerprint density at radius 3 is 2.50 bits per heavy atom. The van der Waals surface area contributed by atoms with Crippen molar-refractivity contribution in [2.45, 2.75) is 45.2 Å². The van der Waals surface area contributed by atoms with E-state index in [9.17, 15) is 4.79 Å². The summed E-state index contributed by atoms with van der Waals surface area (Å²) in [4.78, 5) is 11.3. The molecule has 0 aromatic rings. The lowest BCUT2D eigenvalue weighted by molar-refractivity contribution is -0.144. The van der Waals surface area contributed by atoms with Gasteiger partial charge in [-0.2, -0.15) is 10.2 Å². The molecule has 1 heterocycles. The maximum atomic E-state index is 11.3. The highest BCUT2D eigenvalue weighted by molar-refractivity contribution is 5.66. The molecular formula is C16H22N2O2. The van der Waals surface area contributed by atoms with Gasteiger partial charge in [-0.25, -0.2) is 0 Å². The van der Waals surface area contributed by atoms with Gasteiger partial charge in [-0.3, -0.25) is 4.79 Å². The number of ether oxygens (including phenoxy) is 1. The number of allylic oxidation sites excluding steroid dienone is 2. The van der Waals surface area contributed by atoms with Crippen LogP contribution in [-0.4, -0.2) is 23.7 Å². The minimum absolute atomic E-state index is 0.0618. The number of esters is 1. The lowest BCUT2D eigenvalue weighted by atomic mass is 9.65. The monoisotopic (exact) mass is 274 g/mol. The first kappa shape index (κ1) is 12.5. The third-order valence-electron chi connectivity index (χ3n) is 6.94. The number of fused-ring (bicyclic) bond motifs is 9. The van der Waals surface area contributed by atoms with Gasteiger partial charge in [0.15, 0.2) is 0 Å². The van der Waals surface area contributed by atoms with Crippen LogP contribution in [-0.2, 0) is 9.53 Å². The van der Waals surface area contributed by atoms with E-state index in [1.165, 1.54) is 13.3 Å². The number of azo groups is 1. The molecule has 0 radical (unpaired) electrons. The van der Waals surface area contributed by atoms with E-state index >= 15 is 0 Å². The van der Waals surface area contributed by atoms with Gasteiger partial charge in [0.05, 0.1) is 5.54 Å². The fourth-order valence-corrected chi connectivity index (χ4v) is 5.60. The minimum atomic E-state index is -0.331. The van der Waals surface area contributed by atoms with Gasteiger partial charge in [0.25, 0.3) is 0 Å². The third kappa shape index (κ3) is 1.07. The fourth-order valence-electron chi connectivity index (χ4n) is 5.60. The highest BCUT2D eigenvalue weighted by Gasteiger charge is 2.79. The van der Waals surface area contributed by atoms with E-state index in [4.69, 9.17) is 15.0 Å². The SMILES string of the molecule is CC(=O)OC[C@]12N=N[C@](C)([C@H]3[C@@H]1[C@@H]1C=C[C@H]3C1)C2(C)C. The average Bonchev–Trinajstić information content (AvgIpc) is 3.06. The van der Waals surface area contributed by atoms with Gasteiger partial charge in [0, 0.05) is 18.3 Å². The van der Waals surface area contributed by atoms with Crippen molar-refractivity contribution in [2.24, 2.45) is 39.3 Å². The summed E-state index contributed by atoms with van der Waals surface area (Å²) in [6.07, 6.45) is 5.97. The predicted octanol–water partition coefficient (Wildman–Crippen LogP) is 2.99. The zero-order valence-electron chi connectivity index (χ0n) is 12.6. The Balaban J connectivity index is 1.82. The molecule has 2 saturated carbocycles. The van der Waals surface area contributed by atoms with Crippen LogP contribution in [0.4, 0.5) is 0 Å². The Morgan fingerprint density at radius 2 is 1.85 bits per heavy atom. The van der Waals surface area contributed by atoms with E-state index in [2.05, 4.69) is 32.9 Å². The molecule has 0 unspecified atom stereocenters. The van der Waals surface area contributed by atoms with Crippen molar-refractivity contribution in [3.8, 4) is 0 Å². The third-order valence-corrected chi connectivity index (χ3v) is 6.94. The Labute approximate surface area is 119 Å². The topological polar surface area (TPSA) is 51.0 Å². The second kappa shape index (κ2) is 3.34. The van der Waals surface area contributed by atoms with E-state index in [1.54, 1.807) is 0 Å². The molecule has 4 heteroatoms. The molecular weight excluding hydrogens is 252 g/mol. The standard InChI is InChI=1S/C16H22N2O2/c1-9(19)20-8-16-13-11-6-5-10(7-11)12(13)15(4,17-18-16)14(16,2)3/h5-6,10-13H,7-8H2,1-4H3/t10-,11+,12+,13-,15+,16-/m0/s1. The highest BCUT2D eigenvalue weighted by atomic mass is 16.5. The first-order chi connectivity index (χ1) is 9.33. The van der Waals surface area contributed by atoms with Crippen molar-refractivity contribution in [2.75, 3.05) is 6.61 Å². The molecule has 0 saturated heterocycles. The van der Waals surface area contributed by atoms with Crippen molar-refractivity contribution in [3.05, 3.63) is 12.2 Å². The van der Waals surface area contributed by atoms with Crippen molar-refractivity contribution < 1.29 is 9.53 Å². The molecule has 4 nitrogen and oxygen atoms in total. The summed E-state index contributed by atoms with van der Waals surface area (Å²) < 4.78 is 5.43. The summed E-state index contributed by atoms with van der Waals surface area (Å²) >= 11 is 0. The van der Waals surface area contributed by atoms with Crippen LogP contribution in [0.5, 0.6) is 0 Å². The molecule has 0 spiro atoms. The van der Waals surface area contributed by atoms with Crippen LogP contribution in [0.15, 0.2) is 22.4 Å². The average molecular weight is 274 g/mol. The molecule has 0 aromatic heterocycles. The largest absolute Gasteiger partial charge is 0.463 e. The summed E-state index contributed by atoms with van der Waals surface area (Å²) in [6.45, 7) is 8.63. The van der Waals surface area contributed by atoms with Crippen LogP contribution in [0, 0.1) is 29.1 Å². The Hall–Kier alpha value is -1.19. The number of carbonyl (C=O) groups is 1. The molecule has 1 aliphatic heterocycles. The van der Waals surface area contributed by atoms with Crippen LogP contribution >= 0.6 is 0 Å².